The number of halogens is 1. The number of aryl methyl sites for hydroxylation is 1. The molecule has 1 saturated heterocycles. The molecule has 3 aliphatic heterocycles. The fourth-order valence-electron chi connectivity index (χ4n) is 10.2. The predicted octanol–water partition coefficient (Wildman–Crippen LogP) is 1.13. The minimum Gasteiger partial charge on any atom is -0.464 e. The van der Waals surface area contributed by atoms with Gasteiger partial charge in [-0.1, -0.05) is 32.9 Å². The Morgan fingerprint density at radius 3 is 2.35 bits per heavy atom. The molecule has 12 N–H and O–H groups in total. The Morgan fingerprint density at radius 2 is 1.68 bits per heavy atom. The van der Waals surface area contributed by atoms with E-state index in [1.165, 1.54) is 41.0 Å². The van der Waals surface area contributed by atoms with E-state index in [-0.39, 0.29) is 86.4 Å². The molecule has 1 aliphatic carbocycles. The summed E-state index contributed by atoms with van der Waals surface area (Å²) < 4.78 is 50.3. The molecule has 0 bridgehead atoms. The van der Waals surface area contributed by atoms with Gasteiger partial charge in [-0.25, -0.2) is 28.3 Å². The first-order valence-electron chi connectivity index (χ1n) is 25.9. The molecule has 4 aliphatic rings. The average Bonchev–Trinajstić information content (AvgIpc) is 4.00. The second-order valence-corrected chi connectivity index (χ2v) is 21.7. The second kappa shape index (κ2) is 24.0. The number of primary amides is 1. The summed E-state index contributed by atoms with van der Waals surface area (Å²) in [6.07, 6.45) is 0.453. The molecule has 8 rings (SSSR count). The van der Waals surface area contributed by atoms with Gasteiger partial charge in [0.05, 0.1) is 60.7 Å². The number of aromatic nitrogens is 2. The van der Waals surface area contributed by atoms with Crippen LogP contribution < -0.4 is 48.9 Å². The number of rotatable bonds is 22. The minimum atomic E-state index is -4.90. The number of hydrogen-bond acceptors (Lipinski definition) is 17. The number of amides is 7. The summed E-state index contributed by atoms with van der Waals surface area (Å²) in [6.45, 7) is 4.90. The molecule has 0 spiro atoms. The molecule has 28 heteroatoms. The summed E-state index contributed by atoms with van der Waals surface area (Å²) in [4.78, 5) is 132. The molecule has 1 fully saturated rings. The molecule has 7 amide bonds. The highest BCUT2D eigenvalue weighted by Crippen LogP contribution is 2.47. The number of esters is 2. The molecule has 1 unspecified atom stereocenters. The van der Waals surface area contributed by atoms with Crippen LogP contribution in [0.2, 0.25) is 0 Å². The number of nitrogens with one attached hydrogen (secondary N) is 6. The van der Waals surface area contributed by atoms with Crippen LogP contribution in [0.25, 0.3) is 22.3 Å². The van der Waals surface area contributed by atoms with Crippen LogP contribution in [0.3, 0.4) is 0 Å². The summed E-state index contributed by atoms with van der Waals surface area (Å²) >= 11 is 0. The molecule has 7 atom stereocenters. The average molecular weight is 1130 g/mol. The number of benzene rings is 2. The number of urea groups is 1. The number of cyclic esters (lactones) is 2. The van der Waals surface area contributed by atoms with Gasteiger partial charge in [0.2, 0.25) is 29.5 Å². The van der Waals surface area contributed by atoms with E-state index in [0.29, 0.717) is 45.3 Å². The first kappa shape index (κ1) is 58.5. The van der Waals surface area contributed by atoms with Gasteiger partial charge < -0.3 is 67.4 Å². The molecule has 0 radical (unpaired) electrons. The van der Waals surface area contributed by atoms with E-state index in [0.717, 1.165) is 0 Å². The lowest BCUT2D eigenvalue weighted by Crippen LogP contribution is -2.57. The summed E-state index contributed by atoms with van der Waals surface area (Å²) in [5.74, 6) is -6.32. The number of pyridine rings is 2. The van der Waals surface area contributed by atoms with Crippen molar-refractivity contribution in [1.29, 1.82) is 0 Å². The summed E-state index contributed by atoms with van der Waals surface area (Å²) in [5, 5.41) is 27.5. The lowest BCUT2D eigenvalue weighted by Gasteiger charge is -2.31. The van der Waals surface area contributed by atoms with Gasteiger partial charge in [0, 0.05) is 41.2 Å². The van der Waals surface area contributed by atoms with Gasteiger partial charge in [-0.2, -0.15) is 0 Å². The van der Waals surface area contributed by atoms with E-state index in [1.807, 2.05) is 0 Å². The third-order valence-corrected chi connectivity index (χ3v) is 15.5. The number of carbonyl (C=O) groups excluding carboxylic acids is 8. The largest absolute Gasteiger partial charge is 0.473 e. The molecule has 428 valence electrons. The fraction of sp³-hybridized carbons (Fsp3) is 0.462. The van der Waals surface area contributed by atoms with E-state index < -0.39 is 128 Å². The van der Waals surface area contributed by atoms with Crippen molar-refractivity contribution >= 4 is 71.9 Å². The van der Waals surface area contributed by atoms with Crippen LogP contribution >= 0.6 is 7.82 Å². The zero-order valence-electron chi connectivity index (χ0n) is 44.1. The predicted molar refractivity (Wildman–Crippen MR) is 280 cm³/mol. The van der Waals surface area contributed by atoms with Gasteiger partial charge in [-0.15, -0.1) is 0 Å². The van der Waals surface area contributed by atoms with Crippen molar-refractivity contribution in [3.63, 3.8) is 0 Å². The third-order valence-electron chi connectivity index (χ3n) is 14.5. The molecule has 0 saturated carbocycles. The highest BCUT2D eigenvalue weighted by molar-refractivity contribution is 7.47. The van der Waals surface area contributed by atoms with Crippen LogP contribution in [0.4, 0.5) is 14.9 Å². The maximum Gasteiger partial charge on any atom is 0.473 e. The van der Waals surface area contributed by atoms with Gasteiger partial charge in [-0.05, 0) is 85.4 Å². The van der Waals surface area contributed by atoms with Gasteiger partial charge in [0.25, 0.3) is 5.56 Å². The lowest BCUT2D eigenvalue weighted by molar-refractivity contribution is -0.172. The number of carbonyl (C=O) groups is 8. The van der Waals surface area contributed by atoms with Crippen LogP contribution in [0.5, 0.6) is 0 Å². The summed E-state index contributed by atoms with van der Waals surface area (Å²) in [7, 11) is -4.90. The number of ether oxygens (including phenoxy) is 2. The number of phosphoric ester groups is 1. The van der Waals surface area contributed by atoms with Crippen LogP contribution in [-0.4, -0.2) is 111 Å². The van der Waals surface area contributed by atoms with Crippen molar-refractivity contribution in [2.75, 3.05) is 25.1 Å². The number of nitrogens with two attached hydrogens (primary N) is 2. The molecular formula is C52H62FN10O16P. The van der Waals surface area contributed by atoms with Gasteiger partial charge in [0.15, 0.2) is 5.60 Å². The third kappa shape index (κ3) is 12.5. The number of fused-ring (bicyclic) bond motifs is 5. The van der Waals surface area contributed by atoms with E-state index in [9.17, 15) is 57.7 Å². The first-order chi connectivity index (χ1) is 37.9. The molecule has 80 heavy (non-hydrogen) atoms. The Morgan fingerprint density at radius 1 is 0.950 bits per heavy atom. The zero-order chi connectivity index (χ0) is 58.0. The quantitative estimate of drug-likeness (QED) is 0.0264. The summed E-state index contributed by atoms with van der Waals surface area (Å²) in [5.41, 5.74) is 12.3. The van der Waals surface area contributed by atoms with Gasteiger partial charge in [-0.3, -0.25) is 37.8 Å². The Labute approximate surface area is 456 Å². The van der Waals surface area contributed by atoms with Gasteiger partial charge in [0.1, 0.15) is 37.2 Å². The number of nitrogens with zero attached hydrogens (tertiary/aromatic N) is 2. The number of phosphoric acid groups is 1. The van der Waals surface area contributed by atoms with Crippen molar-refractivity contribution < 1.29 is 75.8 Å². The smallest absolute Gasteiger partial charge is 0.464 e. The van der Waals surface area contributed by atoms with Crippen LogP contribution in [-0.2, 0) is 88.4 Å². The topological polar surface area (TPSA) is 390 Å². The molecule has 2 aromatic heterocycles. The highest BCUT2D eigenvalue weighted by Gasteiger charge is 2.46. The molecule has 5 heterocycles. The van der Waals surface area contributed by atoms with Crippen LogP contribution in [0, 0.1) is 18.7 Å². The molecule has 4 aromatic rings. The van der Waals surface area contributed by atoms with Crippen molar-refractivity contribution in [1.82, 2.24) is 36.1 Å². The maximum absolute atomic E-state index is 15.4. The Hall–Kier alpha value is -7.68. The lowest BCUT2D eigenvalue weighted by atomic mass is 9.81. The highest BCUT2D eigenvalue weighted by atomic mass is 31.2. The second-order valence-electron chi connectivity index (χ2n) is 20.3. The summed E-state index contributed by atoms with van der Waals surface area (Å²) in [6, 6.07) is 2.32. The van der Waals surface area contributed by atoms with E-state index >= 15 is 4.39 Å². The fourth-order valence-corrected chi connectivity index (χ4v) is 10.9. The van der Waals surface area contributed by atoms with Crippen molar-refractivity contribution in [3.8, 4) is 11.4 Å². The normalized spacial score (nSPS) is 19.7. The van der Waals surface area contributed by atoms with Crippen LogP contribution in [0.15, 0.2) is 41.2 Å². The van der Waals surface area contributed by atoms with Crippen molar-refractivity contribution in [2.45, 2.75) is 128 Å². The van der Waals surface area contributed by atoms with Crippen molar-refractivity contribution in [2.24, 2.45) is 17.4 Å². The SMILES string of the molecule is CC[C@@]1(O)C(=O)OCc2c1cc1n(c2=O)Cc2c-1nc1cc(F)c(C)c3c1c2[C@@H](NC(=O)COP(=O)(O)OCc1ccc(NC(=O)[C@H](CCCNC(N)=O)NC(=O)[C@@H](NC(=O)[C@@H](N)CC(=O)N[C@H]2CCOC2=O)C(C)C)cc1)CC3. The Kier molecular flexibility index (Phi) is 17.5. The number of aliphatic hydroxyl groups is 1. The maximum atomic E-state index is 15.4. The standard InChI is InChI=1S/C52H62FN10O16P/c1-5-52(73)31-17-38-44-29(20-63(38)48(69)30(31)22-77-50(52)71)42-34(13-12-28-25(4)32(53)18-37(60-44)41(28)42)58-40(65)23-79-80(74,75)78-21-26-8-10-27(11-9-26)57-46(67)35(7-6-15-56-51(55)72)61-47(68)43(24(2)3)62-45(66)33(54)19-39(64)59-36-14-16-76-49(36)70/h8-11,17-18,24,33-36,43,73H,5-7,12-16,19-23,54H2,1-4H3,(H,57,67)(H,58,65)(H,59,64)(H,61,68)(H,62,66)(H,74,75)(H3,55,56,72)/t33-,34-,35-,36-,43-,52-/m0/s1. The van der Waals surface area contributed by atoms with Crippen molar-refractivity contribution in [3.05, 3.63) is 91.5 Å². The zero-order valence-corrected chi connectivity index (χ0v) is 45.0. The molecule has 26 nitrogen and oxygen atoms in total. The van der Waals surface area contributed by atoms with Gasteiger partial charge >= 0.3 is 25.8 Å². The number of anilines is 1. The van der Waals surface area contributed by atoms with E-state index in [4.69, 9.17) is 35.0 Å². The molecular weight excluding hydrogens is 1070 g/mol. The molecule has 2 aromatic carbocycles. The first-order valence-corrected chi connectivity index (χ1v) is 27.4. The van der Waals surface area contributed by atoms with E-state index in [1.54, 1.807) is 27.7 Å². The minimum absolute atomic E-state index is 0.00741. The Balaban J connectivity index is 0.879. The van der Waals surface area contributed by atoms with Crippen LogP contribution in [0.1, 0.15) is 104 Å². The monoisotopic (exact) mass is 1130 g/mol. The van der Waals surface area contributed by atoms with E-state index in [2.05, 4.69) is 31.9 Å². The Bertz CT molecular complexity index is 3300. The number of hydrogen-bond donors (Lipinski definition) is 10.